The summed E-state index contributed by atoms with van der Waals surface area (Å²) in [5.74, 6) is 0.584. The molecule has 1 amide bonds. The smallest absolute Gasteiger partial charge is 0.238 e. The fourth-order valence-electron chi connectivity index (χ4n) is 2.13. The fraction of sp³-hybridized carbons (Fsp3) is 0.462. The van der Waals surface area contributed by atoms with Crippen LogP contribution >= 0.6 is 0 Å². The van der Waals surface area contributed by atoms with Gasteiger partial charge >= 0.3 is 0 Å². The largest absolute Gasteiger partial charge is 0.495 e. The number of nitrogen functional groups attached to an aromatic ring is 1. The van der Waals surface area contributed by atoms with Gasteiger partial charge in [-0.1, -0.05) is 0 Å². The number of amides is 1. The van der Waals surface area contributed by atoms with E-state index in [4.69, 9.17) is 15.2 Å². The molecule has 1 aromatic carbocycles. The van der Waals surface area contributed by atoms with Crippen LogP contribution in [0.15, 0.2) is 12.1 Å². The van der Waals surface area contributed by atoms with Crippen LogP contribution in [0.2, 0.25) is 0 Å². The monoisotopic (exact) mass is 265 g/mol. The van der Waals surface area contributed by atoms with Crippen LogP contribution in [0, 0.1) is 0 Å². The van der Waals surface area contributed by atoms with E-state index in [9.17, 15) is 4.79 Å². The zero-order valence-electron chi connectivity index (χ0n) is 11.2. The molecular formula is C13H19N3O3. The van der Waals surface area contributed by atoms with E-state index in [1.807, 2.05) is 11.0 Å². The highest BCUT2D eigenvalue weighted by Gasteiger charge is 2.20. The molecule has 1 aliphatic heterocycles. The van der Waals surface area contributed by atoms with E-state index in [2.05, 4.69) is 5.32 Å². The first-order valence-corrected chi connectivity index (χ1v) is 6.11. The van der Waals surface area contributed by atoms with Crippen molar-refractivity contribution in [2.75, 3.05) is 45.0 Å². The van der Waals surface area contributed by atoms with Gasteiger partial charge in [-0.2, -0.15) is 0 Å². The van der Waals surface area contributed by atoms with Crippen LogP contribution in [0.1, 0.15) is 5.56 Å². The van der Waals surface area contributed by atoms with E-state index in [0.29, 0.717) is 37.7 Å². The molecule has 3 N–H and O–H groups in total. The van der Waals surface area contributed by atoms with Crippen molar-refractivity contribution in [2.24, 2.45) is 0 Å². The Kier molecular flexibility index (Phi) is 4.24. The van der Waals surface area contributed by atoms with E-state index in [-0.39, 0.29) is 5.91 Å². The molecule has 19 heavy (non-hydrogen) atoms. The molecule has 2 rings (SSSR count). The van der Waals surface area contributed by atoms with E-state index < -0.39 is 0 Å². The molecule has 1 heterocycles. The zero-order chi connectivity index (χ0) is 13.8. The second-order valence-corrected chi connectivity index (χ2v) is 4.50. The number of fused-ring (bicyclic) bond motifs is 1. The number of carbonyl (C=O) groups is 1. The van der Waals surface area contributed by atoms with Crippen molar-refractivity contribution < 1.29 is 14.3 Å². The molecule has 0 bridgehead atoms. The van der Waals surface area contributed by atoms with Gasteiger partial charge in [0.1, 0.15) is 5.75 Å². The molecule has 0 aromatic heterocycles. The highest BCUT2D eigenvalue weighted by Crippen LogP contribution is 2.31. The van der Waals surface area contributed by atoms with Crippen LogP contribution in [0.5, 0.6) is 5.75 Å². The second-order valence-electron chi connectivity index (χ2n) is 4.50. The highest BCUT2D eigenvalue weighted by atomic mass is 16.5. The standard InChI is InChI=1S/C13H19N3O3/c1-18-4-3-16-7-9-5-12(19-2)10(14)6-11(9)15-13(17)8-16/h5-6H,3-4,7-8,14H2,1-2H3,(H,15,17). The van der Waals surface area contributed by atoms with Gasteiger partial charge in [0.25, 0.3) is 0 Å². The molecule has 6 heteroatoms. The molecule has 104 valence electrons. The number of rotatable bonds is 4. The number of nitrogens with one attached hydrogen (secondary N) is 1. The first-order valence-electron chi connectivity index (χ1n) is 6.11. The van der Waals surface area contributed by atoms with Crippen LogP contribution in [-0.2, 0) is 16.1 Å². The van der Waals surface area contributed by atoms with Crippen LogP contribution in [0.25, 0.3) is 0 Å². The zero-order valence-corrected chi connectivity index (χ0v) is 11.2. The predicted octanol–water partition coefficient (Wildman–Crippen LogP) is 0.678. The van der Waals surface area contributed by atoms with Gasteiger partial charge in [-0.25, -0.2) is 0 Å². The number of hydrogen-bond acceptors (Lipinski definition) is 5. The normalized spacial score (nSPS) is 15.6. The van der Waals surface area contributed by atoms with Crippen LogP contribution in [0.4, 0.5) is 11.4 Å². The Morgan fingerprint density at radius 3 is 2.84 bits per heavy atom. The predicted molar refractivity (Wildman–Crippen MR) is 73.2 cm³/mol. The van der Waals surface area contributed by atoms with Gasteiger partial charge in [-0.15, -0.1) is 0 Å². The number of nitrogens with two attached hydrogens (primary N) is 1. The van der Waals surface area contributed by atoms with Crippen LogP contribution < -0.4 is 15.8 Å². The maximum Gasteiger partial charge on any atom is 0.238 e. The molecule has 0 spiro atoms. The summed E-state index contributed by atoms with van der Waals surface area (Å²) < 4.78 is 10.3. The summed E-state index contributed by atoms with van der Waals surface area (Å²) >= 11 is 0. The van der Waals surface area contributed by atoms with Gasteiger partial charge in [0.05, 0.1) is 25.9 Å². The Bertz CT molecular complexity index is 476. The van der Waals surface area contributed by atoms with Crippen molar-refractivity contribution in [1.82, 2.24) is 4.90 Å². The molecule has 0 aliphatic carbocycles. The minimum Gasteiger partial charge on any atom is -0.495 e. The summed E-state index contributed by atoms with van der Waals surface area (Å²) in [4.78, 5) is 13.8. The van der Waals surface area contributed by atoms with Gasteiger partial charge in [-0.05, 0) is 17.7 Å². The molecule has 0 unspecified atom stereocenters. The van der Waals surface area contributed by atoms with Gasteiger partial charge < -0.3 is 20.5 Å². The summed E-state index contributed by atoms with van der Waals surface area (Å²) in [7, 11) is 3.23. The third-order valence-electron chi connectivity index (χ3n) is 3.10. The number of methoxy groups -OCH3 is 2. The van der Waals surface area contributed by atoms with E-state index in [1.54, 1.807) is 20.3 Å². The number of nitrogens with zero attached hydrogens (tertiary/aromatic N) is 1. The first-order chi connectivity index (χ1) is 9.13. The molecule has 0 radical (unpaired) electrons. The van der Waals surface area contributed by atoms with Crippen molar-refractivity contribution in [3.05, 3.63) is 17.7 Å². The van der Waals surface area contributed by atoms with Crippen molar-refractivity contribution in [3.63, 3.8) is 0 Å². The van der Waals surface area contributed by atoms with E-state index in [0.717, 1.165) is 11.3 Å². The van der Waals surface area contributed by atoms with Gasteiger partial charge in [0.15, 0.2) is 0 Å². The number of hydrogen-bond donors (Lipinski definition) is 2. The maximum absolute atomic E-state index is 11.8. The molecule has 0 saturated carbocycles. The lowest BCUT2D eigenvalue weighted by Gasteiger charge is -2.18. The quantitative estimate of drug-likeness (QED) is 0.783. The van der Waals surface area contributed by atoms with Crippen LogP contribution in [0.3, 0.4) is 0 Å². The van der Waals surface area contributed by atoms with Gasteiger partial charge in [-0.3, -0.25) is 9.69 Å². The number of anilines is 2. The highest BCUT2D eigenvalue weighted by molar-refractivity contribution is 5.94. The van der Waals surface area contributed by atoms with Crippen molar-refractivity contribution in [2.45, 2.75) is 6.54 Å². The Morgan fingerprint density at radius 1 is 1.37 bits per heavy atom. The van der Waals surface area contributed by atoms with E-state index in [1.165, 1.54) is 0 Å². The van der Waals surface area contributed by atoms with Crippen molar-refractivity contribution in [3.8, 4) is 5.75 Å². The molecule has 6 nitrogen and oxygen atoms in total. The Balaban J connectivity index is 2.27. The molecule has 1 aromatic rings. The van der Waals surface area contributed by atoms with E-state index >= 15 is 0 Å². The average molecular weight is 265 g/mol. The molecule has 0 saturated heterocycles. The number of ether oxygens (including phenoxy) is 2. The Morgan fingerprint density at radius 2 is 2.16 bits per heavy atom. The number of carbonyl (C=O) groups excluding carboxylic acids is 1. The molecule has 1 aliphatic rings. The molecule has 0 atom stereocenters. The summed E-state index contributed by atoms with van der Waals surface area (Å²) in [6.45, 7) is 2.30. The second kappa shape index (κ2) is 5.90. The summed E-state index contributed by atoms with van der Waals surface area (Å²) in [6, 6.07) is 3.61. The maximum atomic E-state index is 11.8. The summed E-state index contributed by atoms with van der Waals surface area (Å²) in [6.07, 6.45) is 0. The lowest BCUT2D eigenvalue weighted by atomic mass is 10.1. The first kappa shape index (κ1) is 13.6. The van der Waals surface area contributed by atoms with Gasteiger partial charge in [0.2, 0.25) is 5.91 Å². The number of benzene rings is 1. The Labute approximate surface area is 112 Å². The van der Waals surface area contributed by atoms with Crippen molar-refractivity contribution >= 4 is 17.3 Å². The lowest BCUT2D eigenvalue weighted by Crippen LogP contribution is -2.32. The minimum atomic E-state index is -0.0422. The Hall–Kier alpha value is -1.79. The summed E-state index contributed by atoms with van der Waals surface area (Å²) in [5.41, 5.74) is 8.12. The van der Waals surface area contributed by atoms with Crippen LogP contribution in [-0.4, -0.2) is 44.7 Å². The fourth-order valence-corrected chi connectivity index (χ4v) is 2.13. The third-order valence-corrected chi connectivity index (χ3v) is 3.10. The van der Waals surface area contributed by atoms with Gasteiger partial charge in [0, 0.05) is 25.9 Å². The lowest BCUT2D eigenvalue weighted by molar-refractivity contribution is -0.117. The molecular weight excluding hydrogens is 246 g/mol. The third kappa shape index (κ3) is 3.15. The average Bonchev–Trinajstić information content (AvgIpc) is 2.52. The SMILES string of the molecule is COCCN1CC(=O)Nc2cc(N)c(OC)cc2C1. The molecule has 0 fully saturated rings. The minimum absolute atomic E-state index is 0.0422. The summed E-state index contributed by atoms with van der Waals surface area (Å²) in [5, 5.41) is 2.86. The topological polar surface area (TPSA) is 76.8 Å². The van der Waals surface area contributed by atoms with Crippen molar-refractivity contribution in [1.29, 1.82) is 0 Å².